The molecule has 6 heteroatoms. The molecule has 2 nitrogen and oxygen atoms in total. The van der Waals surface area contributed by atoms with E-state index in [9.17, 15) is 0 Å². The fourth-order valence-corrected chi connectivity index (χ4v) is 4.54. The number of rotatable bonds is 2. The molecule has 1 heterocycles. The SMILES string of the molecule is CCC1CCSC(Nc2c(Br)cc(Cl)cc2Br)=N1. The number of aliphatic imine (C=N–C) groups is 1. The van der Waals surface area contributed by atoms with Crippen molar-refractivity contribution in [2.24, 2.45) is 4.99 Å². The van der Waals surface area contributed by atoms with Crippen LogP contribution >= 0.6 is 55.2 Å². The highest BCUT2D eigenvalue weighted by molar-refractivity contribution is 9.11. The third-order valence-corrected chi connectivity index (χ3v) is 5.09. The van der Waals surface area contributed by atoms with Gasteiger partial charge in [0.2, 0.25) is 0 Å². The molecule has 0 spiro atoms. The van der Waals surface area contributed by atoms with E-state index in [-0.39, 0.29) is 0 Å². The van der Waals surface area contributed by atoms with Crippen molar-refractivity contribution < 1.29 is 0 Å². The number of anilines is 1. The van der Waals surface area contributed by atoms with E-state index in [0.29, 0.717) is 11.1 Å². The average Bonchev–Trinajstić information content (AvgIpc) is 2.34. The zero-order valence-corrected chi connectivity index (χ0v) is 14.6. The number of hydrogen-bond donors (Lipinski definition) is 1. The maximum Gasteiger partial charge on any atom is 0.161 e. The number of nitrogens with zero attached hydrogens (tertiary/aromatic N) is 1. The Morgan fingerprint density at radius 2 is 2.11 bits per heavy atom. The summed E-state index contributed by atoms with van der Waals surface area (Å²) in [7, 11) is 0. The number of thioether (sulfide) groups is 1. The van der Waals surface area contributed by atoms with Gasteiger partial charge in [-0.25, -0.2) is 0 Å². The Balaban J connectivity index is 2.21. The first-order chi connectivity index (χ1) is 8.60. The highest BCUT2D eigenvalue weighted by Gasteiger charge is 2.16. The van der Waals surface area contributed by atoms with Crippen molar-refractivity contribution in [3.63, 3.8) is 0 Å². The lowest BCUT2D eigenvalue weighted by Gasteiger charge is -2.20. The topological polar surface area (TPSA) is 24.4 Å². The molecule has 1 aromatic carbocycles. The van der Waals surface area contributed by atoms with Crippen LogP contribution in [0.25, 0.3) is 0 Å². The third-order valence-electron chi connectivity index (χ3n) is 2.70. The van der Waals surface area contributed by atoms with Gasteiger partial charge in [0.1, 0.15) is 0 Å². The predicted octanol–water partition coefficient (Wildman–Crippen LogP) is 5.55. The van der Waals surface area contributed by atoms with Crippen molar-refractivity contribution in [3.05, 3.63) is 26.1 Å². The molecule has 1 unspecified atom stereocenters. The molecular weight excluding hydrogens is 399 g/mol. The van der Waals surface area contributed by atoms with Crippen LogP contribution in [-0.4, -0.2) is 17.0 Å². The molecule has 1 atom stereocenters. The Kier molecular flexibility index (Phi) is 5.42. The maximum atomic E-state index is 5.99. The summed E-state index contributed by atoms with van der Waals surface area (Å²) in [6.45, 7) is 2.18. The molecule has 0 amide bonds. The first kappa shape index (κ1) is 14.7. The molecule has 0 saturated heterocycles. The second kappa shape index (κ2) is 6.64. The Bertz CT molecular complexity index is 456. The van der Waals surface area contributed by atoms with Gasteiger partial charge in [-0.3, -0.25) is 4.99 Å². The van der Waals surface area contributed by atoms with E-state index in [1.54, 1.807) is 11.8 Å². The Morgan fingerprint density at radius 3 is 2.72 bits per heavy atom. The highest BCUT2D eigenvalue weighted by Crippen LogP contribution is 2.35. The van der Waals surface area contributed by atoms with E-state index in [1.165, 1.54) is 0 Å². The number of benzene rings is 1. The van der Waals surface area contributed by atoms with E-state index in [2.05, 4.69) is 44.1 Å². The van der Waals surface area contributed by atoms with Crippen molar-refractivity contribution in [2.45, 2.75) is 25.8 Å². The fraction of sp³-hybridized carbons (Fsp3) is 0.417. The predicted molar refractivity (Wildman–Crippen MR) is 89.1 cm³/mol. The normalized spacial score (nSPS) is 19.6. The smallest absolute Gasteiger partial charge is 0.161 e. The quantitative estimate of drug-likeness (QED) is 0.689. The van der Waals surface area contributed by atoms with Gasteiger partial charge < -0.3 is 5.32 Å². The minimum absolute atomic E-state index is 0.443. The van der Waals surface area contributed by atoms with Crippen molar-refractivity contribution in [3.8, 4) is 0 Å². The summed E-state index contributed by atoms with van der Waals surface area (Å²) in [5, 5.41) is 5.05. The van der Waals surface area contributed by atoms with Crippen LogP contribution in [0, 0.1) is 0 Å². The molecule has 1 aromatic rings. The first-order valence-corrected chi connectivity index (χ1v) is 8.67. The monoisotopic (exact) mass is 410 g/mol. The Labute approximate surface area is 133 Å². The Morgan fingerprint density at radius 1 is 1.44 bits per heavy atom. The van der Waals surface area contributed by atoms with Gasteiger partial charge in [0, 0.05) is 19.7 Å². The summed E-state index contributed by atoms with van der Waals surface area (Å²) >= 11 is 14.8. The average molecular weight is 413 g/mol. The number of hydrogen-bond acceptors (Lipinski definition) is 3. The van der Waals surface area contributed by atoms with Crippen molar-refractivity contribution >= 4 is 66.1 Å². The van der Waals surface area contributed by atoms with Gasteiger partial charge in [0.05, 0.1) is 11.7 Å². The number of halogens is 3. The van der Waals surface area contributed by atoms with Crippen molar-refractivity contribution in [1.82, 2.24) is 0 Å². The first-order valence-electron chi connectivity index (χ1n) is 5.72. The van der Waals surface area contributed by atoms with Crippen LogP contribution in [-0.2, 0) is 0 Å². The molecule has 1 N–H and O–H groups in total. The van der Waals surface area contributed by atoms with Gasteiger partial charge in [-0.05, 0) is 56.8 Å². The number of nitrogens with one attached hydrogen (secondary N) is 1. The van der Waals surface area contributed by atoms with Crippen molar-refractivity contribution in [2.75, 3.05) is 11.1 Å². The lowest BCUT2D eigenvalue weighted by molar-refractivity contribution is 0.634. The van der Waals surface area contributed by atoms with Gasteiger partial charge in [-0.2, -0.15) is 0 Å². The second-order valence-corrected chi connectivity index (χ2v) is 7.23. The zero-order chi connectivity index (χ0) is 13.1. The van der Waals surface area contributed by atoms with E-state index >= 15 is 0 Å². The molecule has 2 rings (SSSR count). The molecule has 0 bridgehead atoms. The van der Waals surface area contributed by atoms with Gasteiger partial charge in [0.15, 0.2) is 5.17 Å². The second-order valence-electron chi connectivity index (χ2n) is 4.00. The fourth-order valence-electron chi connectivity index (χ4n) is 1.69. The summed E-state index contributed by atoms with van der Waals surface area (Å²) in [5.74, 6) is 1.12. The molecule has 0 aromatic heterocycles. The van der Waals surface area contributed by atoms with Crippen LogP contribution in [0.5, 0.6) is 0 Å². The van der Waals surface area contributed by atoms with Crippen LogP contribution in [0.4, 0.5) is 5.69 Å². The van der Waals surface area contributed by atoms with Gasteiger partial charge in [-0.15, -0.1) is 0 Å². The standard InChI is InChI=1S/C12H13Br2ClN2S/c1-2-8-3-4-18-12(16-8)17-11-9(13)5-7(15)6-10(11)14/h5-6,8H,2-4H2,1H3,(H,16,17). The minimum Gasteiger partial charge on any atom is -0.333 e. The van der Waals surface area contributed by atoms with E-state index in [1.807, 2.05) is 12.1 Å². The van der Waals surface area contributed by atoms with E-state index in [0.717, 1.165) is 38.4 Å². The lowest BCUT2D eigenvalue weighted by atomic mass is 10.2. The van der Waals surface area contributed by atoms with Crippen molar-refractivity contribution in [1.29, 1.82) is 0 Å². The minimum atomic E-state index is 0.443. The highest BCUT2D eigenvalue weighted by atomic mass is 79.9. The van der Waals surface area contributed by atoms with Crippen LogP contribution in [0.3, 0.4) is 0 Å². The van der Waals surface area contributed by atoms with Gasteiger partial charge >= 0.3 is 0 Å². The van der Waals surface area contributed by atoms with Gasteiger partial charge in [0.25, 0.3) is 0 Å². The molecule has 0 aliphatic carbocycles. The van der Waals surface area contributed by atoms with Crippen LogP contribution in [0.15, 0.2) is 26.1 Å². The summed E-state index contributed by atoms with van der Waals surface area (Å²) in [5.41, 5.74) is 0.974. The van der Waals surface area contributed by atoms with Crippen LogP contribution < -0.4 is 5.32 Å². The van der Waals surface area contributed by atoms with Crippen LogP contribution in [0.2, 0.25) is 5.02 Å². The Hall–Kier alpha value is 0.290. The van der Waals surface area contributed by atoms with Crippen LogP contribution in [0.1, 0.15) is 19.8 Å². The summed E-state index contributed by atoms with van der Waals surface area (Å²) in [6.07, 6.45) is 2.25. The molecule has 98 valence electrons. The largest absolute Gasteiger partial charge is 0.333 e. The molecule has 0 fully saturated rings. The molecule has 18 heavy (non-hydrogen) atoms. The van der Waals surface area contributed by atoms with Gasteiger partial charge in [-0.1, -0.05) is 30.3 Å². The molecule has 0 saturated carbocycles. The maximum absolute atomic E-state index is 5.99. The molecule has 1 aliphatic rings. The summed E-state index contributed by atoms with van der Waals surface area (Å²) < 4.78 is 1.87. The van der Waals surface area contributed by atoms with E-state index < -0.39 is 0 Å². The zero-order valence-electron chi connectivity index (χ0n) is 9.84. The summed E-state index contributed by atoms with van der Waals surface area (Å²) in [4.78, 5) is 4.69. The summed E-state index contributed by atoms with van der Waals surface area (Å²) in [6, 6.07) is 4.19. The lowest BCUT2D eigenvalue weighted by Crippen LogP contribution is -2.19. The molecule has 1 aliphatic heterocycles. The van der Waals surface area contributed by atoms with E-state index in [4.69, 9.17) is 16.6 Å². The third kappa shape index (κ3) is 3.65. The molecule has 0 radical (unpaired) electrons. The number of amidine groups is 1. The molecular formula is C12H13Br2ClN2S.